The van der Waals surface area contributed by atoms with Crippen molar-refractivity contribution in [3.8, 4) is 17.2 Å². The van der Waals surface area contributed by atoms with Crippen LogP contribution in [0.1, 0.15) is 68.6 Å². The van der Waals surface area contributed by atoms with E-state index in [-0.39, 0.29) is 30.3 Å². The first-order valence-electron chi connectivity index (χ1n) is 11.7. The first kappa shape index (κ1) is 22.8. The Morgan fingerprint density at radius 3 is 2.34 bits per heavy atom. The second-order valence-corrected chi connectivity index (χ2v) is 9.11. The molecule has 0 spiro atoms. The van der Waals surface area contributed by atoms with Crippen LogP contribution in [0.4, 0.5) is 13.2 Å². The van der Waals surface area contributed by atoms with Crippen molar-refractivity contribution in [2.75, 3.05) is 6.61 Å². The summed E-state index contributed by atoms with van der Waals surface area (Å²) < 4.78 is 55.3. The van der Waals surface area contributed by atoms with Crippen molar-refractivity contribution in [1.82, 2.24) is 0 Å². The van der Waals surface area contributed by atoms with E-state index in [0.29, 0.717) is 29.0 Å². The minimum absolute atomic E-state index is 0.00161. The monoisotopic (exact) mass is 444 g/mol. The highest BCUT2D eigenvalue weighted by atomic mass is 19.2. The van der Waals surface area contributed by atoms with Crippen molar-refractivity contribution < 1.29 is 22.6 Å². The molecule has 1 aliphatic heterocycles. The Morgan fingerprint density at radius 2 is 1.66 bits per heavy atom. The number of aryl methyl sites for hydroxylation is 1. The molecule has 0 radical (unpaired) electrons. The fourth-order valence-corrected chi connectivity index (χ4v) is 5.12. The van der Waals surface area contributed by atoms with Crippen LogP contribution < -0.4 is 9.47 Å². The van der Waals surface area contributed by atoms with Gasteiger partial charge >= 0.3 is 0 Å². The van der Waals surface area contributed by atoms with Gasteiger partial charge in [0, 0.05) is 17.5 Å². The molecule has 2 aromatic rings. The summed E-state index contributed by atoms with van der Waals surface area (Å²) in [4.78, 5) is 0. The number of ether oxygens (including phenoxy) is 2. The van der Waals surface area contributed by atoms with Gasteiger partial charge in [-0.2, -0.15) is 8.78 Å². The van der Waals surface area contributed by atoms with Gasteiger partial charge in [-0.3, -0.25) is 0 Å². The molecule has 1 saturated carbocycles. The summed E-state index contributed by atoms with van der Waals surface area (Å²) in [5.74, 6) is -1.56. The minimum atomic E-state index is -1.04. The molecule has 0 unspecified atom stereocenters. The number of rotatable bonds is 8. The number of halogens is 3. The van der Waals surface area contributed by atoms with Crippen molar-refractivity contribution in [2.24, 2.45) is 11.8 Å². The Kier molecular flexibility index (Phi) is 7.12. The van der Waals surface area contributed by atoms with E-state index in [4.69, 9.17) is 9.47 Å². The average Bonchev–Trinajstić information content (AvgIpc) is 2.80. The molecule has 172 valence electrons. The summed E-state index contributed by atoms with van der Waals surface area (Å²) in [6, 6.07) is 4.93. The second kappa shape index (κ2) is 10.0. The van der Waals surface area contributed by atoms with Crippen molar-refractivity contribution in [1.29, 1.82) is 0 Å². The van der Waals surface area contributed by atoms with Crippen molar-refractivity contribution >= 4 is 0 Å². The fraction of sp³-hybridized carbons (Fsp3) is 0.481. The van der Waals surface area contributed by atoms with E-state index in [2.05, 4.69) is 13.5 Å². The normalized spacial score (nSPS) is 19.6. The minimum Gasteiger partial charge on any atom is -0.486 e. The Hall–Kier alpha value is -2.43. The number of hydrogen-bond donors (Lipinski definition) is 0. The maximum atomic E-state index is 14.9. The highest BCUT2D eigenvalue weighted by molar-refractivity contribution is 5.54. The van der Waals surface area contributed by atoms with Gasteiger partial charge in [0.2, 0.25) is 11.6 Å². The maximum absolute atomic E-state index is 14.9. The van der Waals surface area contributed by atoms with E-state index in [1.165, 1.54) is 50.7 Å². The molecular weight excluding hydrogens is 413 g/mol. The van der Waals surface area contributed by atoms with Crippen LogP contribution in [-0.2, 0) is 12.8 Å². The highest BCUT2D eigenvalue weighted by Crippen LogP contribution is 2.44. The first-order valence-corrected chi connectivity index (χ1v) is 11.7. The summed E-state index contributed by atoms with van der Waals surface area (Å²) in [6.45, 7) is 5.90. The SMILES string of the molecule is C=CCOc1ccc2c(c1F)Oc1c(cc(CCC3CCC(CCC)CC3)c(F)c1F)C2. The van der Waals surface area contributed by atoms with E-state index in [1.807, 2.05) is 0 Å². The summed E-state index contributed by atoms with van der Waals surface area (Å²) >= 11 is 0. The van der Waals surface area contributed by atoms with Gasteiger partial charge in [-0.15, -0.1) is 0 Å². The molecule has 0 saturated heterocycles. The Balaban J connectivity index is 1.48. The molecule has 0 atom stereocenters. The lowest BCUT2D eigenvalue weighted by atomic mass is 9.78. The number of benzene rings is 2. The van der Waals surface area contributed by atoms with Gasteiger partial charge in [-0.25, -0.2) is 4.39 Å². The zero-order valence-corrected chi connectivity index (χ0v) is 18.7. The van der Waals surface area contributed by atoms with E-state index in [9.17, 15) is 13.2 Å². The molecule has 2 aliphatic rings. The van der Waals surface area contributed by atoms with Crippen LogP contribution in [0, 0.1) is 29.3 Å². The first-order chi connectivity index (χ1) is 15.5. The van der Waals surface area contributed by atoms with Gasteiger partial charge in [-0.1, -0.05) is 64.2 Å². The standard InChI is InChI=1S/C27H31F3O2/c1-3-5-17-6-8-18(9-7-17)10-11-19-15-21-16-20-12-13-22(31-14-4-2)24(29)26(20)32-27(21)25(30)23(19)28/h4,12-13,15,17-18H,2-3,5-11,14,16H2,1H3. The van der Waals surface area contributed by atoms with Crippen LogP contribution in [0.25, 0.3) is 0 Å². The van der Waals surface area contributed by atoms with Crippen molar-refractivity contribution in [3.05, 3.63) is 65.0 Å². The molecule has 0 bridgehead atoms. The van der Waals surface area contributed by atoms with E-state index in [1.54, 1.807) is 12.1 Å². The molecule has 2 aromatic carbocycles. The molecule has 32 heavy (non-hydrogen) atoms. The van der Waals surface area contributed by atoms with Gasteiger partial charge in [-0.05, 0) is 42.4 Å². The van der Waals surface area contributed by atoms with Crippen LogP contribution in [0.15, 0.2) is 30.9 Å². The zero-order valence-electron chi connectivity index (χ0n) is 18.7. The maximum Gasteiger partial charge on any atom is 0.207 e. The number of hydrogen-bond acceptors (Lipinski definition) is 2. The van der Waals surface area contributed by atoms with E-state index < -0.39 is 17.5 Å². The quantitative estimate of drug-likeness (QED) is 0.329. The molecule has 2 nitrogen and oxygen atoms in total. The summed E-state index contributed by atoms with van der Waals surface area (Å²) in [7, 11) is 0. The largest absolute Gasteiger partial charge is 0.486 e. The Labute approximate surface area is 188 Å². The smallest absolute Gasteiger partial charge is 0.207 e. The third-order valence-electron chi connectivity index (χ3n) is 6.88. The van der Waals surface area contributed by atoms with Crippen molar-refractivity contribution in [3.63, 3.8) is 0 Å². The topological polar surface area (TPSA) is 18.5 Å². The molecule has 0 aromatic heterocycles. The predicted molar refractivity (Wildman–Crippen MR) is 120 cm³/mol. The summed E-state index contributed by atoms with van der Waals surface area (Å²) in [6.07, 6.45) is 10.5. The van der Waals surface area contributed by atoms with Crippen LogP contribution in [0.3, 0.4) is 0 Å². The molecule has 1 heterocycles. The lowest BCUT2D eigenvalue weighted by molar-refractivity contribution is 0.251. The van der Waals surface area contributed by atoms with E-state index in [0.717, 1.165) is 12.3 Å². The Bertz CT molecular complexity index is 978. The fourth-order valence-electron chi connectivity index (χ4n) is 5.12. The third-order valence-corrected chi connectivity index (χ3v) is 6.88. The molecular formula is C27H31F3O2. The molecule has 4 rings (SSSR count). The van der Waals surface area contributed by atoms with Crippen LogP contribution in [0.5, 0.6) is 17.2 Å². The van der Waals surface area contributed by atoms with Gasteiger partial charge in [0.15, 0.2) is 23.1 Å². The molecule has 1 fully saturated rings. The van der Waals surface area contributed by atoms with Gasteiger partial charge in [0.25, 0.3) is 0 Å². The van der Waals surface area contributed by atoms with Crippen LogP contribution in [-0.4, -0.2) is 6.61 Å². The van der Waals surface area contributed by atoms with E-state index >= 15 is 0 Å². The average molecular weight is 445 g/mol. The zero-order chi connectivity index (χ0) is 22.7. The Morgan fingerprint density at radius 1 is 0.969 bits per heavy atom. The second-order valence-electron chi connectivity index (χ2n) is 9.11. The van der Waals surface area contributed by atoms with Gasteiger partial charge < -0.3 is 9.47 Å². The predicted octanol–water partition coefficient (Wildman–Crippen LogP) is 7.90. The van der Waals surface area contributed by atoms with Crippen LogP contribution in [0.2, 0.25) is 0 Å². The summed E-state index contributed by atoms with van der Waals surface area (Å²) in [5.41, 5.74) is 1.53. The van der Waals surface area contributed by atoms with Gasteiger partial charge in [0.05, 0.1) is 0 Å². The van der Waals surface area contributed by atoms with Crippen molar-refractivity contribution in [2.45, 2.75) is 64.7 Å². The number of fused-ring (bicyclic) bond motifs is 2. The third kappa shape index (κ3) is 4.67. The molecule has 0 N–H and O–H groups in total. The molecule has 5 heteroatoms. The molecule has 1 aliphatic carbocycles. The lowest BCUT2D eigenvalue weighted by Gasteiger charge is -2.28. The lowest BCUT2D eigenvalue weighted by Crippen LogP contribution is -2.16. The summed E-state index contributed by atoms with van der Waals surface area (Å²) in [5, 5.41) is 0. The molecule has 0 amide bonds. The highest BCUT2D eigenvalue weighted by Gasteiger charge is 2.29. The van der Waals surface area contributed by atoms with Gasteiger partial charge in [0.1, 0.15) is 6.61 Å². The van der Waals surface area contributed by atoms with Crippen LogP contribution >= 0.6 is 0 Å².